The molecule has 1 amide bonds. The topological polar surface area (TPSA) is 56.2 Å². The van der Waals surface area contributed by atoms with Crippen LogP contribution in [0.1, 0.15) is 35.3 Å². The van der Waals surface area contributed by atoms with Crippen molar-refractivity contribution in [1.82, 2.24) is 15.1 Å². The monoisotopic (exact) mass is 349 g/mol. The Kier molecular flexibility index (Phi) is 5.69. The lowest BCUT2D eigenvalue weighted by atomic mass is 9.96. The first-order valence-electron chi connectivity index (χ1n) is 8.75. The average Bonchev–Trinajstić information content (AvgIpc) is 3.14. The van der Waals surface area contributed by atoms with Crippen molar-refractivity contribution >= 4 is 5.91 Å². The number of carbonyl (C=O) groups excluding carboxylic acids is 1. The number of aromatic nitrogens is 2. The van der Waals surface area contributed by atoms with Gasteiger partial charge in [0.25, 0.3) is 5.91 Å². The lowest BCUT2D eigenvalue weighted by Crippen LogP contribution is -2.29. The highest BCUT2D eigenvalue weighted by atomic mass is 16.5. The molecule has 2 aromatic carbocycles. The highest BCUT2D eigenvalue weighted by Gasteiger charge is 2.19. The summed E-state index contributed by atoms with van der Waals surface area (Å²) in [7, 11) is 1.54. The molecule has 3 aromatic rings. The van der Waals surface area contributed by atoms with Crippen molar-refractivity contribution in [1.29, 1.82) is 0 Å². The van der Waals surface area contributed by atoms with Crippen LogP contribution in [0.4, 0.5) is 0 Å². The molecular formula is C21H23N3O2. The summed E-state index contributed by atoms with van der Waals surface area (Å²) < 4.78 is 7.00. The van der Waals surface area contributed by atoms with Crippen molar-refractivity contribution in [3.05, 3.63) is 78.1 Å². The van der Waals surface area contributed by atoms with Crippen LogP contribution in [0.5, 0.6) is 5.75 Å². The van der Waals surface area contributed by atoms with Crippen LogP contribution in [0, 0.1) is 0 Å². The van der Waals surface area contributed by atoms with Crippen molar-refractivity contribution in [3.8, 4) is 11.4 Å². The SMILES string of the molecule is CC[C@H](CNC(=O)c1nn(-c2ccccc2)cc1OC)c1ccccc1. The summed E-state index contributed by atoms with van der Waals surface area (Å²) in [6, 6.07) is 19.9. The Labute approximate surface area is 153 Å². The normalized spacial score (nSPS) is 11.8. The van der Waals surface area contributed by atoms with Gasteiger partial charge in [0.15, 0.2) is 11.4 Å². The van der Waals surface area contributed by atoms with Gasteiger partial charge in [0.1, 0.15) is 0 Å². The zero-order chi connectivity index (χ0) is 18.4. The predicted molar refractivity (Wildman–Crippen MR) is 102 cm³/mol. The molecule has 3 rings (SSSR count). The number of ether oxygens (including phenoxy) is 1. The Morgan fingerprint density at radius 1 is 1.12 bits per heavy atom. The molecule has 0 saturated carbocycles. The minimum Gasteiger partial charge on any atom is -0.493 e. The highest BCUT2D eigenvalue weighted by Crippen LogP contribution is 2.21. The number of carbonyl (C=O) groups is 1. The summed E-state index contributed by atoms with van der Waals surface area (Å²) in [5, 5.41) is 7.40. The molecule has 0 bridgehead atoms. The number of benzene rings is 2. The standard InChI is InChI=1S/C21H23N3O2/c1-3-16(17-10-6-4-7-11-17)14-22-21(25)20-19(26-2)15-24(23-20)18-12-8-5-9-13-18/h4-13,15-16H,3,14H2,1-2H3,(H,22,25)/t16-/m1/s1. The van der Waals surface area contributed by atoms with Crippen LogP contribution in [0.15, 0.2) is 66.9 Å². The third-order valence-corrected chi connectivity index (χ3v) is 4.41. The zero-order valence-electron chi connectivity index (χ0n) is 15.1. The quantitative estimate of drug-likeness (QED) is 0.706. The van der Waals surface area contributed by atoms with Crippen molar-refractivity contribution < 1.29 is 9.53 Å². The van der Waals surface area contributed by atoms with E-state index in [4.69, 9.17) is 4.74 Å². The molecule has 1 N–H and O–H groups in total. The maximum atomic E-state index is 12.7. The molecule has 0 aliphatic carbocycles. The molecule has 26 heavy (non-hydrogen) atoms. The minimum absolute atomic E-state index is 0.231. The van der Waals surface area contributed by atoms with E-state index < -0.39 is 0 Å². The minimum atomic E-state index is -0.231. The number of rotatable bonds is 7. The van der Waals surface area contributed by atoms with Gasteiger partial charge in [-0.05, 0) is 24.1 Å². The average molecular weight is 349 g/mol. The molecule has 134 valence electrons. The smallest absolute Gasteiger partial charge is 0.275 e. The van der Waals surface area contributed by atoms with Crippen molar-refractivity contribution in [2.24, 2.45) is 0 Å². The summed E-state index contributed by atoms with van der Waals surface area (Å²) in [4.78, 5) is 12.7. The van der Waals surface area contributed by atoms with Crippen LogP contribution in [0.3, 0.4) is 0 Å². The van der Waals surface area contributed by atoms with Gasteiger partial charge < -0.3 is 10.1 Å². The van der Waals surface area contributed by atoms with Gasteiger partial charge in [0.2, 0.25) is 0 Å². The van der Waals surface area contributed by atoms with Crippen LogP contribution in [-0.2, 0) is 0 Å². The Hall–Kier alpha value is -3.08. The van der Waals surface area contributed by atoms with Crippen LogP contribution in [-0.4, -0.2) is 29.3 Å². The molecule has 0 aliphatic rings. The van der Waals surface area contributed by atoms with E-state index in [9.17, 15) is 4.79 Å². The van der Waals surface area contributed by atoms with Gasteiger partial charge in [0.05, 0.1) is 19.0 Å². The fraction of sp³-hybridized carbons (Fsp3) is 0.238. The van der Waals surface area contributed by atoms with Crippen molar-refractivity contribution in [2.75, 3.05) is 13.7 Å². The third-order valence-electron chi connectivity index (χ3n) is 4.41. The molecule has 0 unspecified atom stereocenters. The lowest BCUT2D eigenvalue weighted by Gasteiger charge is -2.15. The molecule has 0 fully saturated rings. The van der Waals surface area contributed by atoms with Gasteiger partial charge in [0, 0.05) is 12.5 Å². The third kappa shape index (κ3) is 3.94. The van der Waals surface area contributed by atoms with Gasteiger partial charge >= 0.3 is 0 Å². The van der Waals surface area contributed by atoms with Gasteiger partial charge in [-0.25, -0.2) is 4.68 Å². The molecule has 0 radical (unpaired) electrons. The molecule has 5 heteroatoms. The van der Waals surface area contributed by atoms with Gasteiger partial charge in [-0.15, -0.1) is 0 Å². The second-order valence-electron chi connectivity index (χ2n) is 6.05. The van der Waals surface area contributed by atoms with E-state index in [2.05, 4.69) is 29.5 Å². The summed E-state index contributed by atoms with van der Waals surface area (Å²) in [6.07, 6.45) is 2.67. The van der Waals surface area contributed by atoms with E-state index in [1.807, 2.05) is 48.5 Å². The first-order valence-corrected chi connectivity index (χ1v) is 8.75. The van der Waals surface area contributed by atoms with Crippen LogP contribution in [0.25, 0.3) is 5.69 Å². The number of para-hydroxylation sites is 1. The molecule has 0 spiro atoms. The number of nitrogens with one attached hydrogen (secondary N) is 1. The molecule has 1 heterocycles. The van der Waals surface area contributed by atoms with Gasteiger partial charge in [-0.3, -0.25) is 4.79 Å². The van der Waals surface area contributed by atoms with Crippen LogP contribution in [0.2, 0.25) is 0 Å². The fourth-order valence-electron chi connectivity index (χ4n) is 2.90. The van der Waals surface area contributed by atoms with Crippen LogP contribution >= 0.6 is 0 Å². The van der Waals surface area contributed by atoms with Crippen LogP contribution < -0.4 is 10.1 Å². The fourth-order valence-corrected chi connectivity index (χ4v) is 2.90. The van der Waals surface area contributed by atoms with Crippen molar-refractivity contribution in [3.63, 3.8) is 0 Å². The van der Waals surface area contributed by atoms with E-state index in [-0.39, 0.29) is 11.8 Å². The Morgan fingerprint density at radius 2 is 1.77 bits per heavy atom. The summed E-state index contributed by atoms with van der Waals surface area (Å²) >= 11 is 0. The van der Waals surface area contributed by atoms with E-state index >= 15 is 0 Å². The second-order valence-corrected chi connectivity index (χ2v) is 6.05. The summed E-state index contributed by atoms with van der Waals surface area (Å²) in [5.41, 5.74) is 2.39. The van der Waals surface area contributed by atoms with Crippen molar-refractivity contribution in [2.45, 2.75) is 19.3 Å². The first-order chi connectivity index (χ1) is 12.7. The maximum Gasteiger partial charge on any atom is 0.275 e. The lowest BCUT2D eigenvalue weighted by molar-refractivity contribution is 0.0942. The Balaban J connectivity index is 1.74. The number of hydrogen-bond acceptors (Lipinski definition) is 3. The molecule has 1 atom stereocenters. The molecular weight excluding hydrogens is 326 g/mol. The van der Waals surface area contributed by atoms with E-state index in [0.717, 1.165) is 12.1 Å². The predicted octanol–water partition coefficient (Wildman–Crippen LogP) is 3.80. The van der Waals surface area contributed by atoms with Gasteiger partial charge in [-0.1, -0.05) is 55.5 Å². The second kappa shape index (κ2) is 8.34. The van der Waals surface area contributed by atoms with E-state index in [1.54, 1.807) is 18.0 Å². The Morgan fingerprint density at radius 3 is 2.38 bits per heavy atom. The van der Waals surface area contributed by atoms with E-state index in [0.29, 0.717) is 18.0 Å². The Bertz CT molecular complexity index is 844. The number of methoxy groups -OCH3 is 1. The molecule has 1 aromatic heterocycles. The number of amides is 1. The van der Waals surface area contributed by atoms with E-state index in [1.165, 1.54) is 5.56 Å². The largest absolute Gasteiger partial charge is 0.493 e. The molecule has 0 aliphatic heterocycles. The highest BCUT2D eigenvalue weighted by molar-refractivity contribution is 5.95. The zero-order valence-corrected chi connectivity index (χ0v) is 15.1. The number of hydrogen-bond donors (Lipinski definition) is 1. The van der Waals surface area contributed by atoms with Gasteiger partial charge in [-0.2, -0.15) is 5.10 Å². The summed E-state index contributed by atoms with van der Waals surface area (Å²) in [6.45, 7) is 2.68. The number of nitrogens with zero attached hydrogens (tertiary/aromatic N) is 2. The first kappa shape index (κ1) is 17.7. The molecule has 5 nitrogen and oxygen atoms in total. The molecule has 0 saturated heterocycles. The maximum absolute atomic E-state index is 12.7. The summed E-state index contributed by atoms with van der Waals surface area (Å²) in [5.74, 6) is 0.493.